The summed E-state index contributed by atoms with van der Waals surface area (Å²) in [5.74, 6) is 0.425. The predicted octanol–water partition coefficient (Wildman–Crippen LogP) is 3.21. The Morgan fingerprint density at radius 1 is 1.10 bits per heavy atom. The zero-order valence-electron chi connectivity index (χ0n) is 17.5. The van der Waals surface area contributed by atoms with Gasteiger partial charge in [-0.1, -0.05) is 6.07 Å². The molecule has 154 valence electrons. The number of pyridine rings is 1. The average Bonchev–Trinajstić information content (AvgIpc) is 2.73. The van der Waals surface area contributed by atoms with Crippen LogP contribution in [0.4, 0.5) is 5.69 Å². The maximum absolute atomic E-state index is 9.07. The number of hydrogen-bond acceptors (Lipinski definition) is 6. The quantitative estimate of drug-likeness (QED) is 0.685. The maximum Gasteiger partial charge on any atom is 0.159 e. The van der Waals surface area contributed by atoms with E-state index in [1.165, 1.54) is 0 Å². The van der Waals surface area contributed by atoms with Gasteiger partial charge in [0.25, 0.3) is 0 Å². The van der Waals surface area contributed by atoms with Gasteiger partial charge in [-0.15, -0.1) is 0 Å². The lowest BCUT2D eigenvalue weighted by atomic mass is 10.1. The van der Waals surface area contributed by atoms with Crippen LogP contribution in [0.25, 0.3) is 0 Å². The maximum atomic E-state index is 9.07. The lowest BCUT2D eigenvalue weighted by Crippen LogP contribution is -2.39. The number of nitriles is 1. The molecule has 6 nitrogen and oxygen atoms in total. The van der Waals surface area contributed by atoms with Crippen molar-refractivity contribution in [2.24, 2.45) is 5.92 Å². The van der Waals surface area contributed by atoms with E-state index in [1.54, 1.807) is 0 Å². The molecule has 0 N–H and O–H groups in total. The molecule has 1 aliphatic heterocycles. The number of rotatable bonds is 8. The van der Waals surface area contributed by atoms with Gasteiger partial charge in [0.1, 0.15) is 0 Å². The molecule has 1 aromatic carbocycles. The van der Waals surface area contributed by atoms with Gasteiger partial charge in [0.05, 0.1) is 24.8 Å². The SMILES string of the molecule is Cc1ccc(CN(CCC2OCC(CN(C)C)CO2)c2ccc(C#N)cc2)cn1. The summed E-state index contributed by atoms with van der Waals surface area (Å²) in [6, 6.07) is 14.0. The molecule has 2 aromatic rings. The molecule has 0 aliphatic carbocycles. The summed E-state index contributed by atoms with van der Waals surface area (Å²) in [6.07, 6.45) is 2.53. The molecular formula is C23H30N4O2. The van der Waals surface area contributed by atoms with Crippen LogP contribution in [0.1, 0.15) is 23.2 Å². The fourth-order valence-electron chi connectivity index (χ4n) is 3.49. The van der Waals surface area contributed by atoms with E-state index >= 15 is 0 Å². The first-order chi connectivity index (χ1) is 14.0. The highest BCUT2D eigenvalue weighted by Gasteiger charge is 2.23. The Morgan fingerprint density at radius 2 is 1.83 bits per heavy atom. The number of benzene rings is 1. The van der Waals surface area contributed by atoms with Crippen LogP contribution >= 0.6 is 0 Å². The van der Waals surface area contributed by atoms with Crippen molar-refractivity contribution in [3.05, 3.63) is 59.4 Å². The summed E-state index contributed by atoms with van der Waals surface area (Å²) < 4.78 is 11.9. The predicted molar refractivity (Wildman–Crippen MR) is 114 cm³/mol. The minimum Gasteiger partial charge on any atom is -0.367 e. The summed E-state index contributed by atoms with van der Waals surface area (Å²) in [4.78, 5) is 8.86. The highest BCUT2D eigenvalue weighted by molar-refractivity contribution is 5.50. The number of ether oxygens (including phenoxy) is 2. The minimum absolute atomic E-state index is 0.176. The smallest absolute Gasteiger partial charge is 0.159 e. The first-order valence-electron chi connectivity index (χ1n) is 10.1. The summed E-state index contributed by atoms with van der Waals surface area (Å²) in [5.41, 5.74) is 3.90. The summed E-state index contributed by atoms with van der Waals surface area (Å²) >= 11 is 0. The molecule has 6 heteroatoms. The van der Waals surface area contributed by atoms with Crippen LogP contribution in [-0.2, 0) is 16.0 Å². The molecule has 1 aromatic heterocycles. The number of aryl methyl sites for hydroxylation is 1. The minimum atomic E-state index is -0.176. The second-order valence-corrected chi connectivity index (χ2v) is 7.90. The first kappa shape index (κ1) is 21.3. The Balaban J connectivity index is 1.62. The van der Waals surface area contributed by atoms with Crippen molar-refractivity contribution < 1.29 is 9.47 Å². The van der Waals surface area contributed by atoms with Crippen molar-refractivity contribution in [2.75, 3.05) is 45.3 Å². The second-order valence-electron chi connectivity index (χ2n) is 7.90. The van der Waals surface area contributed by atoms with Crippen molar-refractivity contribution in [1.82, 2.24) is 9.88 Å². The van der Waals surface area contributed by atoms with Crippen molar-refractivity contribution in [3.63, 3.8) is 0 Å². The van der Waals surface area contributed by atoms with Gasteiger partial charge in [-0.3, -0.25) is 4.98 Å². The lowest BCUT2D eigenvalue weighted by molar-refractivity contribution is -0.203. The molecule has 0 atom stereocenters. The molecule has 1 saturated heterocycles. The zero-order chi connectivity index (χ0) is 20.6. The van der Waals surface area contributed by atoms with E-state index in [1.807, 2.05) is 43.5 Å². The molecule has 0 spiro atoms. The van der Waals surface area contributed by atoms with Crippen molar-refractivity contribution in [1.29, 1.82) is 5.26 Å². The highest BCUT2D eigenvalue weighted by atomic mass is 16.7. The molecule has 29 heavy (non-hydrogen) atoms. The third kappa shape index (κ3) is 6.53. The molecule has 2 heterocycles. The fourth-order valence-corrected chi connectivity index (χ4v) is 3.49. The first-order valence-corrected chi connectivity index (χ1v) is 10.1. The molecule has 0 unspecified atom stereocenters. The van der Waals surface area contributed by atoms with Crippen LogP contribution in [-0.4, -0.2) is 56.6 Å². The van der Waals surface area contributed by atoms with E-state index in [0.29, 0.717) is 11.5 Å². The summed E-state index contributed by atoms with van der Waals surface area (Å²) in [7, 11) is 4.14. The van der Waals surface area contributed by atoms with E-state index < -0.39 is 0 Å². The number of hydrogen-bond donors (Lipinski definition) is 0. The van der Waals surface area contributed by atoms with Crippen LogP contribution in [0.3, 0.4) is 0 Å². The number of nitrogens with zero attached hydrogens (tertiary/aromatic N) is 4. The normalized spacial score (nSPS) is 19.1. The fraction of sp³-hybridized carbons (Fsp3) is 0.478. The number of aromatic nitrogens is 1. The van der Waals surface area contributed by atoms with Crippen LogP contribution < -0.4 is 4.90 Å². The topological polar surface area (TPSA) is 61.6 Å². The molecule has 0 amide bonds. The van der Waals surface area contributed by atoms with Gasteiger partial charge in [0.2, 0.25) is 0 Å². The van der Waals surface area contributed by atoms with Crippen molar-refractivity contribution in [2.45, 2.75) is 26.2 Å². The van der Waals surface area contributed by atoms with E-state index in [0.717, 1.165) is 56.2 Å². The molecule has 3 rings (SSSR count). The zero-order valence-corrected chi connectivity index (χ0v) is 17.5. The van der Waals surface area contributed by atoms with Crippen LogP contribution in [0.15, 0.2) is 42.6 Å². The average molecular weight is 395 g/mol. The Labute approximate surface area is 173 Å². The van der Waals surface area contributed by atoms with Crippen LogP contribution in [0.2, 0.25) is 0 Å². The van der Waals surface area contributed by atoms with Crippen LogP contribution in [0, 0.1) is 24.2 Å². The summed E-state index contributed by atoms with van der Waals surface area (Å²) in [5, 5.41) is 9.07. The van der Waals surface area contributed by atoms with E-state index in [4.69, 9.17) is 14.7 Å². The molecule has 0 bridgehead atoms. The van der Waals surface area contributed by atoms with E-state index in [2.05, 4.69) is 41.0 Å². The Hall–Kier alpha value is -2.46. The molecule has 0 radical (unpaired) electrons. The molecule has 1 aliphatic rings. The highest BCUT2D eigenvalue weighted by Crippen LogP contribution is 2.21. The molecular weight excluding hydrogens is 364 g/mol. The van der Waals surface area contributed by atoms with E-state index in [-0.39, 0.29) is 6.29 Å². The van der Waals surface area contributed by atoms with E-state index in [9.17, 15) is 0 Å². The second kappa shape index (κ2) is 10.4. The largest absolute Gasteiger partial charge is 0.367 e. The van der Waals surface area contributed by atoms with Crippen LogP contribution in [0.5, 0.6) is 0 Å². The van der Waals surface area contributed by atoms with Gasteiger partial charge >= 0.3 is 0 Å². The van der Waals surface area contributed by atoms with Gasteiger partial charge < -0.3 is 19.3 Å². The summed E-state index contributed by atoms with van der Waals surface area (Å²) in [6.45, 7) is 5.98. The Morgan fingerprint density at radius 3 is 2.41 bits per heavy atom. The lowest BCUT2D eigenvalue weighted by Gasteiger charge is -2.33. The number of anilines is 1. The third-order valence-corrected chi connectivity index (χ3v) is 5.00. The Kier molecular flexibility index (Phi) is 7.59. The third-order valence-electron chi connectivity index (χ3n) is 5.00. The molecule has 0 saturated carbocycles. The van der Waals surface area contributed by atoms with Gasteiger partial charge in [-0.2, -0.15) is 5.26 Å². The standard InChI is InChI=1S/C23H30N4O2/c1-18-4-5-20(13-25-18)15-27(22-8-6-19(12-24)7-9-22)11-10-23-28-16-21(17-29-23)14-26(2)3/h4-9,13,21,23H,10-11,14-17H2,1-3H3. The van der Waals surface area contributed by atoms with Gasteiger partial charge in [0, 0.05) is 49.6 Å². The monoisotopic (exact) mass is 394 g/mol. The molecule has 1 fully saturated rings. The van der Waals surface area contributed by atoms with Gasteiger partial charge in [0.15, 0.2) is 6.29 Å². The van der Waals surface area contributed by atoms with Crippen molar-refractivity contribution in [3.8, 4) is 6.07 Å². The van der Waals surface area contributed by atoms with Gasteiger partial charge in [-0.05, 0) is 56.9 Å². The Bertz CT molecular complexity index is 791. The van der Waals surface area contributed by atoms with Gasteiger partial charge in [-0.25, -0.2) is 0 Å². The van der Waals surface area contributed by atoms with Crippen molar-refractivity contribution >= 4 is 5.69 Å².